The highest BCUT2D eigenvalue weighted by molar-refractivity contribution is 5.93. The highest BCUT2D eigenvalue weighted by atomic mass is 16.2. The topological polar surface area (TPSA) is 217 Å². The molecule has 0 saturated carbocycles. The monoisotopic (exact) mass is 620 g/mol. The number of H-pyrrole nitrogens is 1. The zero-order valence-corrected chi connectivity index (χ0v) is 27.1. The first-order valence-corrected chi connectivity index (χ1v) is 15.4. The number of rotatable bonds is 20. The minimum Gasteiger partial charge on any atom is -0.368 e. The Balaban J connectivity index is 2.93. The predicted molar refractivity (Wildman–Crippen MR) is 165 cm³/mol. The van der Waals surface area contributed by atoms with Crippen molar-refractivity contribution in [3.05, 3.63) is 18.2 Å². The Morgan fingerprint density at radius 1 is 0.864 bits per heavy atom. The van der Waals surface area contributed by atoms with Crippen molar-refractivity contribution in [1.29, 1.82) is 0 Å². The zero-order chi connectivity index (χ0) is 33.4. The van der Waals surface area contributed by atoms with E-state index in [1.165, 1.54) is 6.33 Å². The molecule has 0 spiro atoms. The van der Waals surface area contributed by atoms with Crippen LogP contribution in [0.2, 0.25) is 0 Å². The summed E-state index contributed by atoms with van der Waals surface area (Å²) in [5.41, 5.74) is 6.06. The van der Waals surface area contributed by atoms with E-state index in [4.69, 9.17) is 5.73 Å². The van der Waals surface area contributed by atoms with E-state index in [0.717, 1.165) is 6.42 Å². The largest absolute Gasteiger partial charge is 0.368 e. The molecular formula is C30H52N8O6. The Morgan fingerprint density at radius 2 is 1.52 bits per heavy atom. The summed E-state index contributed by atoms with van der Waals surface area (Å²) in [6, 6.07) is -2.99. The molecule has 14 heteroatoms. The molecule has 5 atom stereocenters. The van der Waals surface area contributed by atoms with E-state index in [-0.39, 0.29) is 48.8 Å². The van der Waals surface area contributed by atoms with Crippen molar-refractivity contribution in [3.63, 3.8) is 0 Å². The molecule has 0 radical (unpaired) electrons. The van der Waals surface area contributed by atoms with Crippen LogP contribution in [-0.2, 0) is 35.2 Å². The van der Waals surface area contributed by atoms with Gasteiger partial charge in [-0.15, -0.1) is 0 Å². The summed E-state index contributed by atoms with van der Waals surface area (Å²) in [5.74, 6) is -2.83. The van der Waals surface area contributed by atoms with Gasteiger partial charge in [-0.1, -0.05) is 54.9 Å². The van der Waals surface area contributed by atoms with Gasteiger partial charge < -0.3 is 37.3 Å². The maximum absolute atomic E-state index is 13.5. The molecule has 0 aliphatic carbocycles. The van der Waals surface area contributed by atoms with Crippen LogP contribution < -0.4 is 32.3 Å². The third kappa shape index (κ3) is 14.0. The van der Waals surface area contributed by atoms with Crippen LogP contribution in [0.3, 0.4) is 0 Å². The smallest absolute Gasteiger partial charge is 0.243 e. The van der Waals surface area contributed by atoms with Gasteiger partial charge in [0.15, 0.2) is 0 Å². The van der Waals surface area contributed by atoms with Gasteiger partial charge in [-0.3, -0.25) is 28.8 Å². The first-order chi connectivity index (χ1) is 20.7. The standard InChI is InChI=1S/C30H52N8O6/c1-8-19(7)21(10-11-25(40)35-22(28(31)42)12-17(3)4)37-29(43)23(13-20-14-32-16-34-20)36-26(41)15-33-30(44)27(18(5)6)38-24(39)9-2/h14,16-19,21-23,27H,8-13,15H2,1-7H3,(H2,31,42)(H,32,34)(H,33,44)(H,35,40)(H,36,41)(H,37,43)(H,38,39)/t19-,21+,22-,23-,27-/m0/s1. The lowest BCUT2D eigenvalue weighted by Gasteiger charge is -2.27. The normalized spacial score (nSPS) is 14.6. The second-order valence-electron chi connectivity index (χ2n) is 12.0. The number of hydrogen-bond donors (Lipinski definition) is 7. The Labute approximate surface area is 260 Å². The second kappa shape index (κ2) is 19.3. The van der Waals surface area contributed by atoms with Crippen molar-refractivity contribution in [1.82, 2.24) is 36.6 Å². The van der Waals surface area contributed by atoms with Crippen molar-refractivity contribution in [2.75, 3.05) is 6.54 Å². The average molecular weight is 621 g/mol. The maximum Gasteiger partial charge on any atom is 0.243 e. The number of primary amides is 1. The number of hydrogen-bond acceptors (Lipinski definition) is 7. The van der Waals surface area contributed by atoms with Crippen molar-refractivity contribution >= 4 is 35.4 Å². The van der Waals surface area contributed by atoms with Gasteiger partial charge in [0.2, 0.25) is 35.4 Å². The molecule has 0 aliphatic heterocycles. The number of amides is 6. The summed E-state index contributed by atoms with van der Waals surface area (Å²) in [5, 5.41) is 13.5. The number of nitrogens with two attached hydrogens (primary N) is 1. The zero-order valence-electron chi connectivity index (χ0n) is 27.1. The number of aromatic nitrogens is 2. The van der Waals surface area contributed by atoms with E-state index in [0.29, 0.717) is 18.5 Å². The fourth-order valence-electron chi connectivity index (χ4n) is 4.50. The van der Waals surface area contributed by atoms with Gasteiger partial charge in [0.05, 0.1) is 12.9 Å². The molecule has 0 aliphatic rings. The minimum absolute atomic E-state index is 0.00319. The van der Waals surface area contributed by atoms with E-state index in [9.17, 15) is 28.8 Å². The Hall–Kier alpha value is -3.97. The number of nitrogens with one attached hydrogen (secondary N) is 6. The van der Waals surface area contributed by atoms with E-state index < -0.39 is 54.3 Å². The van der Waals surface area contributed by atoms with Crippen molar-refractivity contribution in [3.8, 4) is 0 Å². The molecule has 1 rings (SSSR count). The number of carbonyl (C=O) groups is 6. The van der Waals surface area contributed by atoms with E-state index >= 15 is 0 Å². The SMILES string of the molecule is CCC(=O)N[C@H](C(=O)NCC(=O)N[C@@H](Cc1cnc[nH]1)C(=O)N[C@H](CCC(=O)N[C@@H](CC(C)C)C(N)=O)[C@@H](C)CC)C(C)C. The van der Waals surface area contributed by atoms with Gasteiger partial charge in [0.25, 0.3) is 0 Å². The first-order valence-electron chi connectivity index (χ1n) is 15.4. The highest BCUT2D eigenvalue weighted by Gasteiger charge is 2.29. The summed E-state index contributed by atoms with van der Waals surface area (Å²) < 4.78 is 0. The quantitative estimate of drug-likeness (QED) is 0.109. The van der Waals surface area contributed by atoms with Crippen molar-refractivity contribution in [2.24, 2.45) is 23.5 Å². The van der Waals surface area contributed by atoms with Crippen LogP contribution in [-0.4, -0.2) is 76.1 Å². The van der Waals surface area contributed by atoms with E-state index in [1.54, 1.807) is 27.0 Å². The third-order valence-electron chi connectivity index (χ3n) is 7.37. The molecule has 0 aromatic carbocycles. The molecule has 1 aromatic heterocycles. The number of imidazole rings is 1. The maximum atomic E-state index is 13.5. The highest BCUT2D eigenvalue weighted by Crippen LogP contribution is 2.15. The van der Waals surface area contributed by atoms with Crippen molar-refractivity contribution < 1.29 is 28.8 Å². The summed E-state index contributed by atoms with van der Waals surface area (Å²) in [6.45, 7) is 12.6. The average Bonchev–Trinajstić information content (AvgIpc) is 3.48. The summed E-state index contributed by atoms with van der Waals surface area (Å²) in [6.07, 6.45) is 4.84. The molecular weight excluding hydrogens is 568 g/mol. The first kappa shape index (κ1) is 38.1. The Morgan fingerprint density at radius 3 is 2.05 bits per heavy atom. The Kier molecular flexibility index (Phi) is 16.7. The predicted octanol–water partition coefficient (Wildman–Crippen LogP) is 0.431. The van der Waals surface area contributed by atoms with Gasteiger partial charge in [-0.25, -0.2) is 4.98 Å². The van der Waals surface area contributed by atoms with E-state index in [2.05, 4.69) is 36.6 Å². The van der Waals surface area contributed by atoms with Gasteiger partial charge >= 0.3 is 0 Å². The summed E-state index contributed by atoms with van der Waals surface area (Å²) in [7, 11) is 0. The van der Waals surface area contributed by atoms with Crippen LogP contribution >= 0.6 is 0 Å². The molecule has 0 unspecified atom stereocenters. The lowest BCUT2D eigenvalue weighted by Crippen LogP contribution is -2.55. The van der Waals surface area contributed by atoms with Crippen LogP contribution in [0, 0.1) is 17.8 Å². The lowest BCUT2D eigenvalue weighted by atomic mass is 9.94. The molecule has 6 amide bonds. The molecule has 248 valence electrons. The van der Waals surface area contributed by atoms with E-state index in [1.807, 2.05) is 27.7 Å². The second-order valence-corrected chi connectivity index (χ2v) is 12.0. The lowest BCUT2D eigenvalue weighted by molar-refractivity contribution is -0.132. The molecule has 14 nitrogen and oxygen atoms in total. The number of carbonyl (C=O) groups excluding carboxylic acids is 6. The molecule has 44 heavy (non-hydrogen) atoms. The fraction of sp³-hybridized carbons (Fsp3) is 0.700. The number of aromatic amines is 1. The molecule has 0 bridgehead atoms. The van der Waals surface area contributed by atoms with Crippen LogP contribution in [0.1, 0.15) is 86.3 Å². The third-order valence-corrected chi connectivity index (χ3v) is 7.37. The van der Waals surface area contributed by atoms with Crippen molar-refractivity contribution in [2.45, 2.75) is 111 Å². The van der Waals surface area contributed by atoms with Gasteiger partial charge in [0, 0.05) is 37.2 Å². The minimum atomic E-state index is -1.01. The van der Waals surface area contributed by atoms with Gasteiger partial charge in [-0.2, -0.15) is 0 Å². The molecule has 1 heterocycles. The van der Waals surface area contributed by atoms with Crippen LogP contribution in [0.4, 0.5) is 0 Å². The molecule has 0 saturated heterocycles. The Bertz CT molecular complexity index is 1090. The van der Waals surface area contributed by atoms with Gasteiger partial charge in [-0.05, 0) is 30.6 Å². The summed E-state index contributed by atoms with van der Waals surface area (Å²) >= 11 is 0. The summed E-state index contributed by atoms with van der Waals surface area (Å²) in [4.78, 5) is 82.2. The molecule has 0 fully saturated rings. The number of nitrogens with zero attached hydrogens (tertiary/aromatic N) is 1. The van der Waals surface area contributed by atoms with Crippen LogP contribution in [0.5, 0.6) is 0 Å². The molecule has 1 aromatic rings. The fourth-order valence-corrected chi connectivity index (χ4v) is 4.50. The van der Waals surface area contributed by atoms with Crippen LogP contribution in [0.25, 0.3) is 0 Å². The molecule has 8 N–H and O–H groups in total. The van der Waals surface area contributed by atoms with Gasteiger partial charge in [0.1, 0.15) is 18.1 Å². The van der Waals surface area contributed by atoms with Crippen LogP contribution in [0.15, 0.2) is 12.5 Å².